The zero-order valence-corrected chi connectivity index (χ0v) is 22.3. The highest BCUT2D eigenvalue weighted by Gasteiger charge is 2.28. The second-order valence-electron chi connectivity index (χ2n) is 8.73. The van der Waals surface area contributed by atoms with Gasteiger partial charge in [-0.15, -0.1) is 22.7 Å². The van der Waals surface area contributed by atoms with E-state index < -0.39 is 18.1 Å². The zero-order valence-electron chi connectivity index (χ0n) is 20.7. The Bertz CT molecular complexity index is 1130. The smallest absolute Gasteiger partial charge is 0.315 e. The molecule has 8 nitrogen and oxygen atoms in total. The molecule has 2 atom stereocenters. The van der Waals surface area contributed by atoms with Gasteiger partial charge in [0, 0.05) is 16.2 Å². The van der Waals surface area contributed by atoms with Gasteiger partial charge >= 0.3 is 6.03 Å². The molecule has 37 heavy (non-hydrogen) atoms. The molecule has 0 saturated heterocycles. The lowest BCUT2D eigenvalue weighted by molar-refractivity contribution is -0.134. The van der Waals surface area contributed by atoms with Crippen molar-refractivity contribution in [3.63, 3.8) is 0 Å². The summed E-state index contributed by atoms with van der Waals surface area (Å²) in [7, 11) is 0. The van der Waals surface area contributed by atoms with E-state index in [2.05, 4.69) is 17.6 Å². The second kappa shape index (κ2) is 13.3. The number of nitrogens with zero attached hydrogens (tertiary/aromatic N) is 1. The highest BCUT2D eigenvalue weighted by molar-refractivity contribution is 7.10. The molecule has 0 fully saturated rings. The van der Waals surface area contributed by atoms with E-state index in [0.29, 0.717) is 31.0 Å². The number of benzene rings is 1. The van der Waals surface area contributed by atoms with E-state index in [0.717, 1.165) is 34.4 Å². The Morgan fingerprint density at radius 1 is 1.03 bits per heavy atom. The zero-order chi connectivity index (χ0) is 26.0. The molecule has 0 saturated carbocycles. The van der Waals surface area contributed by atoms with Gasteiger partial charge < -0.3 is 29.8 Å². The Labute approximate surface area is 224 Å². The first kappa shape index (κ1) is 26.7. The number of carbonyl (C=O) groups excluding carboxylic acids is 3. The summed E-state index contributed by atoms with van der Waals surface area (Å²) in [6, 6.07) is 11.5. The summed E-state index contributed by atoms with van der Waals surface area (Å²) in [5, 5.41) is 9.75. The Balaban J connectivity index is 1.47. The van der Waals surface area contributed by atoms with E-state index >= 15 is 0 Å². The Morgan fingerprint density at radius 3 is 2.35 bits per heavy atom. The third kappa shape index (κ3) is 7.33. The minimum absolute atomic E-state index is 0.0868. The number of fused-ring (bicyclic) bond motifs is 1. The number of nitrogens with one attached hydrogen (secondary N) is 2. The quantitative estimate of drug-likeness (QED) is 0.288. The summed E-state index contributed by atoms with van der Waals surface area (Å²) in [5.74, 6) is 1.07. The van der Waals surface area contributed by atoms with Crippen molar-refractivity contribution >= 4 is 40.9 Å². The minimum atomic E-state index is -0.687. The number of aldehydes is 1. The molecule has 196 valence electrons. The van der Waals surface area contributed by atoms with Crippen molar-refractivity contribution in [2.24, 2.45) is 0 Å². The molecular formula is C27H31N3O5S2. The van der Waals surface area contributed by atoms with Crippen LogP contribution in [-0.2, 0) is 22.7 Å². The first-order chi connectivity index (χ1) is 18.1. The van der Waals surface area contributed by atoms with Gasteiger partial charge in [0.05, 0.1) is 19.1 Å². The lowest BCUT2D eigenvalue weighted by Crippen LogP contribution is -2.51. The van der Waals surface area contributed by atoms with E-state index in [9.17, 15) is 14.4 Å². The third-order valence-corrected chi connectivity index (χ3v) is 7.77. The van der Waals surface area contributed by atoms with Crippen LogP contribution in [0.3, 0.4) is 0 Å². The number of carbonyl (C=O) groups is 3. The summed E-state index contributed by atoms with van der Waals surface area (Å²) in [4.78, 5) is 42.2. The lowest BCUT2D eigenvalue weighted by Gasteiger charge is -2.28. The van der Waals surface area contributed by atoms with Crippen LogP contribution in [0.2, 0.25) is 0 Å². The highest BCUT2D eigenvalue weighted by Crippen LogP contribution is 2.34. The Hall–Kier alpha value is -3.37. The van der Waals surface area contributed by atoms with Crippen molar-refractivity contribution in [3.8, 4) is 11.5 Å². The van der Waals surface area contributed by atoms with Gasteiger partial charge in [0.1, 0.15) is 12.3 Å². The van der Waals surface area contributed by atoms with Gasteiger partial charge in [0.2, 0.25) is 12.7 Å². The van der Waals surface area contributed by atoms with Crippen LogP contribution in [0.5, 0.6) is 11.5 Å². The van der Waals surface area contributed by atoms with Crippen LogP contribution in [0.4, 0.5) is 4.79 Å². The number of unbranched alkanes of at least 4 members (excludes halogenated alkanes) is 1. The summed E-state index contributed by atoms with van der Waals surface area (Å²) in [6.07, 6.45) is 3.06. The number of rotatable bonds is 13. The number of urea groups is 1. The van der Waals surface area contributed by atoms with E-state index in [4.69, 9.17) is 9.47 Å². The predicted octanol–water partition coefficient (Wildman–Crippen LogP) is 5.26. The summed E-state index contributed by atoms with van der Waals surface area (Å²) in [5.41, 5.74) is 0.722. The molecule has 2 aromatic heterocycles. The fourth-order valence-corrected chi connectivity index (χ4v) is 5.58. The Morgan fingerprint density at radius 2 is 1.73 bits per heavy atom. The maximum atomic E-state index is 13.8. The standard InChI is InChI=1S/C27H31N3O5S2/c1-2-3-8-23(26(32)30(16-20-6-4-13-36-20)17-21-7-5-14-37-21)29-27(33)28-22(11-12-31)19-9-10-24-25(15-19)35-18-34-24/h4-7,9-10,12-15,22-23H,2-3,8,11,16-18H2,1H3,(H2,28,29,33)/t22-,23-/m1/s1. The van der Waals surface area contributed by atoms with E-state index in [-0.39, 0.29) is 19.1 Å². The van der Waals surface area contributed by atoms with Crippen molar-refractivity contribution < 1.29 is 23.9 Å². The maximum Gasteiger partial charge on any atom is 0.315 e. The largest absolute Gasteiger partial charge is 0.454 e. The van der Waals surface area contributed by atoms with Crippen molar-refractivity contribution in [1.82, 2.24) is 15.5 Å². The summed E-state index contributed by atoms with van der Waals surface area (Å²) < 4.78 is 10.8. The van der Waals surface area contributed by atoms with Gasteiger partial charge in [0.25, 0.3) is 0 Å². The van der Waals surface area contributed by atoms with Crippen LogP contribution < -0.4 is 20.1 Å². The molecule has 3 heterocycles. The number of ether oxygens (including phenoxy) is 2. The van der Waals surface area contributed by atoms with Crippen LogP contribution in [0, 0.1) is 0 Å². The van der Waals surface area contributed by atoms with E-state index in [1.807, 2.05) is 35.0 Å². The Kier molecular flexibility index (Phi) is 9.56. The number of thiophene rings is 2. The van der Waals surface area contributed by atoms with Gasteiger partial charge in [0.15, 0.2) is 11.5 Å². The monoisotopic (exact) mass is 541 g/mol. The molecule has 1 aliphatic rings. The topological polar surface area (TPSA) is 97.0 Å². The molecular weight excluding hydrogens is 510 g/mol. The molecule has 3 aromatic rings. The van der Waals surface area contributed by atoms with Crippen LogP contribution >= 0.6 is 22.7 Å². The van der Waals surface area contributed by atoms with Crippen molar-refractivity contribution in [3.05, 3.63) is 68.5 Å². The molecule has 4 rings (SSSR count). The SMILES string of the molecule is CCCC[C@@H](NC(=O)N[C@H](CC=O)c1ccc2c(c1)OCO2)C(=O)N(Cc1cccs1)Cc1cccs1. The van der Waals surface area contributed by atoms with E-state index in [1.165, 1.54) is 0 Å². The van der Waals surface area contributed by atoms with Gasteiger partial charge in [-0.2, -0.15) is 0 Å². The molecule has 0 bridgehead atoms. The summed E-state index contributed by atoms with van der Waals surface area (Å²) in [6.45, 7) is 3.15. The fraction of sp³-hybridized carbons (Fsp3) is 0.370. The predicted molar refractivity (Wildman–Crippen MR) is 144 cm³/mol. The number of amides is 3. The van der Waals surface area contributed by atoms with Gasteiger partial charge in [-0.1, -0.05) is 38.0 Å². The molecule has 10 heteroatoms. The number of hydrogen-bond donors (Lipinski definition) is 2. The second-order valence-corrected chi connectivity index (χ2v) is 10.8. The molecule has 0 unspecified atom stereocenters. The molecule has 3 amide bonds. The van der Waals surface area contributed by atoms with Crippen LogP contribution in [-0.4, -0.2) is 36.0 Å². The third-order valence-electron chi connectivity index (χ3n) is 6.05. The molecule has 1 aliphatic heterocycles. The van der Waals surface area contributed by atoms with Crippen molar-refractivity contribution in [1.29, 1.82) is 0 Å². The normalized spacial score (nSPS) is 13.5. The fourth-order valence-electron chi connectivity index (χ4n) is 4.14. The van der Waals surface area contributed by atoms with Crippen molar-refractivity contribution in [2.75, 3.05) is 6.79 Å². The average Bonchev–Trinajstić information content (AvgIpc) is 3.68. The summed E-state index contributed by atoms with van der Waals surface area (Å²) >= 11 is 3.20. The lowest BCUT2D eigenvalue weighted by atomic mass is 10.0. The average molecular weight is 542 g/mol. The van der Waals surface area contributed by atoms with Gasteiger partial charge in [-0.05, 0) is 47.0 Å². The number of hydrogen-bond acceptors (Lipinski definition) is 7. The molecule has 1 aromatic carbocycles. The first-order valence-electron chi connectivity index (χ1n) is 12.3. The van der Waals surface area contributed by atoms with Crippen LogP contribution in [0.25, 0.3) is 0 Å². The molecule has 0 aliphatic carbocycles. The molecule has 2 N–H and O–H groups in total. The van der Waals surface area contributed by atoms with Gasteiger partial charge in [-0.3, -0.25) is 4.79 Å². The molecule has 0 spiro atoms. The minimum Gasteiger partial charge on any atom is -0.454 e. The van der Waals surface area contributed by atoms with Crippen LogP contribution in [0.15, 0.2) is 53.2 Å². The maximum absolute atomic E-state index is 13.8. The van der Waals surface area contributed by atoms with Crippen molar-refractivity contribution in [2.45, 2.75) is 57.8 Å². The van der Waals surface area contributed by atoms with Gasteiger partial charge in [-0.25, -0.2) is 4.79 Å². The van der Waals surface area contributed by atoms with E-state index in [1.54, 1.807) is 45.8 Å². The van der Waals surface area contributed by atoms with Crippen LogP contribution in [0.1, 0.15) is 54.0 Å². The molecule has 0 radical (unpaired) electrons. The first-order valence-corrected chi connectivity index (χ1v) is 14.1. The highest BCUT2D eigenvalue weighted by atomic mass is 32.1.